The van der Waals surface area contributed by atoms with E-state index in [9.17, 15) is 0 Å². The number of hydrogen-bond acceptors (Lipinski definition) is 4. The third kappa shape index (κ3) is 5.31. The van der Waals surface area contributed by atoms with E-state index >= 15 is 0 Å². The minimum atomic E-state index is 0.690. The molecule has 1 saturated heterocycles. The second-order valence-corrected chi connectivity index (χ2v) is 6.75. The molecule has 0 N–H and O–H groups in total. The van der Waals surface area contributed by atoms with Crippen LogP contribution >= 0.6 is 0 Å². The van der Waals surface area contributed by atoms with Gasteiger partial charge in [-0.05, 0) is 49.8 Å². The van der Waals surface area contributed by atoms with Crippen LogP contribution in [-0.2, 0) is 0 Å². The Balaban J connectivity index is 1.73. The number of nitrogens with zero attached hydrogens (tertiary/aromatic N) is 1. The molecule has 2 rings (SSSR count). The number of likely N-dealkylation sites (tertiary alicyclic amines) is 1. The number of piperidine rings is 1. The van der Waals surface area contributed by atoms with Crippen molar-refractivity contribution in [2.45, 2.75) is 33.1 Å². The van der Waals surface area contributed by atoms with Crippen LogP contribution in [0.3, 0.4) is 0 Å². The Morgan fingerprint density at radius 2 is 1.61 bits per heavy atom. The molecule has 23 heavy (non-hydrogen) atoms. The van der Waals surface area contributed by atoms with E-state index in [-0.39, 0.29) is 0 Å². The zero-order valence-corrected chi connectivity index (χ0v) is 15.0. The van der Waals surface area contributed by atoms with Gasteiger partial charge in [0.25, 0.3) is 0 Å². The van der Waals surface area contributed by atoms with Gasteiger partial charge >= 0.3 is 0 Å². The molecular formula is C19H31NO3. The lowest BCUT2D eigenvalue weighted by molar-refractivity contribution is 0.136. The molecule has 1 aliphatic heterocycles. The van der Waals surface area contributed by atoms with Crippen LogP contribution < -0.4 is 14.2 Å². The summed E-state index contributed by atoms with van der Waals surface area (Å²) in [5.74, 6) is 3.81. The molecule has 1 fully saturated rings. The predicted octanol–water partition coefficient (Wildman–Crippen LogP) is 3.84. The number of para-hydroxylation sites is 1. The molecule has 2 atom stereocenters. The fourth-order valence-electron chi connectivity index (χ4n) is 3.55. The van der Waals surface area contributed by atoms with Crippen LogP contribution in [0.5, 0.6) is 17.2 Å². The SMILES string of the molecule is COc1cccc(OC)c1OCCCCN1CC(C)CC(C)C1. The maximum absolute atomic E-state index is 5.91. The van der Waals surface area contributed by atoms with Crippen LogP contribution in [-0.4, -0.2) is 45.4 Å². The first kappa shape index (κ1) is 17.9. The van der Waals surface area contributed by atoms with E-state index in [1.54, 1.807) is 14.2 Å². The summed E-state index contributed by atoms with van der Waals surface area (Å²) in [6.45, 7) is 9.06. The maximum Gasteiger partial charge on any atom is 0.203 e. The van der Waals surface area contributed by atoms with Crippen LogP contribution in [0.1, 0.15) is 33.1 Å². The van der Waals surface area contributed by atoms with Crippen molar-refractivity contribution >= 4 is 0 Å². The summed E-state index contributed by atoms with van der Waals surface area (Å²) in [7, 11) is 3.31. The van der Waals surface area contributed by atoms with Crippen LogP contribution in [0.25, 0.3) is 0 Å². The van der Waals surface area contributed by atoms with Crippen LogP contribution in [0.4, 0.5) is 0 Å². The lowest BCUT2D eigenvalue weighted by Gasteiger charge is -2.34. The van der Waals surface area contributed by atoms with Crippen molar-refractivity contribution in [1.29, 1.82) is 0 Å². The Bertz CT molecular complexity index is 445. The Morgan fingerprint density at radius 1 is 1.00 bits per heavy atom. The molecule has 0 aliphatic carbocycles. The van der Waals surface area contributed by atoms with Gasteiger partial charge in [-0.3, -0.25) is 0 Å². The third-order valence-electron chi connectivity index (χ3n) is 4.44. The minimum absolute atomic E-state index is 0.690. The van der Waals surface area contributed by atoms with Gasteiger partial charge < -0.3 is 19.1 Å². The third-order valence-corrected chi connectivity index (χ3v) is 4.44. The fourth-order valence-corrected chi connectivity index (χ4v) is 3.55. The lowest BCUT2D eigenvalue weighted by atomic mass is 9.92. The first-order valence-electron chi connectivity index (χ1n) is 8.70. The van der Waals surface area contributed by atoms with E-state index in [2.05, 4.69) is 18.7 Å². The Morgan fingerprint density at radius 3 is 2.17 bits per heavy atom. The average molecular weight is 321 g/mol. The molecule has 130 valence electrons. The summed E-state index contributed by atoms with van der Waals surface area (Å²) in [4.78, 5) is 2.60. The number of unbranched alkanes of at least 4 members (excludes halogenated alkanes) is 1. The molecule has 0 spiro atoms. The maximum atomic E-state index is 5.91. The average Bonchev–Trinajstić information content (AvgIpc) is 2.53. The van der Waals surface area contributed by atoms with Gasteiger partial charge in [0.2, 0.25) is 5.75 Å². The molecule has 4 heteroatoms. The van der Waals surface area contributed by atoms with Gasteiger partial charge in [-0.15, -0.1) is 0 Å². The van der Waals surface area contributed by atoms with E-state index in [1.165, 1.54) is 26.1 Å². The fraction of sp³-hybridized carbons (Fsp3) is 0.684. The molecule has 0 aromatic heterocycles. The van der Waals surface area contributed by atoms with Crippen molar-refractivity contribution in [2.24, 2.45) is 11.8 Å². The van der Waals surface area contributed by atoms with Crippen LogP contribution in [0.15, 0.2) is 18.2 Å². The summed E-state index contributed by atoms with van der Waals surface area (Å²) >= 11 is 0. The number of methoxy groups -OCH3 is 2. The number of hydrogen-bond donors (Lipinski definition) is 0. The summed E-state index contributed by atoms with van der Waals surface area (Å²) in [6, 6.07) is 5.70. The van der Waals surface area contributed by atoms with Crippen molar-refractivity contribution in [3.63, 3.8) is 0 Å². The highest BCUT2D eigenvalue weighted by Gasteiger charge is 2.21. The van der Waals surface area contributed by atoms with E-state index in [4.69, 9.17) is 14.2 Å². The van der Waals surface area contributed by atoms with Gasteiger partial charge in [0.05, 0.1) is 20.8 Å². The largest absolute Gasteiger partial charge is 0.493 e. The zero-order chi connectivity index (χ0) is 16.7. The van der Waals surface area contributed by atoms with E-state index in [0.29, 0.717) is 12.4 Å². The van der Waals surface area contributed by atoms with Crippen molar-refractivity contribution in [2.75, 3.05) is 40.5 Å². The monoisotopic (exact) mass is 321 g/mol. The van der Waals surface area contributed by atoms with Crippen molar-refractivity contribution in [1.82, 2.24) is 4.90 Å². The van der Waals surface area contributed by atoms with Crippen molar-refractivity contribution in [3.05, 3.63) is 18.2 Å². The number of benzene rings is 1. The minimum Gasteiger partial charge on any atom is -0.493 e. The molecule has 1 aliphatic rings. The van der Waals surface area contributed by atoms with E-state index < -0.39 is 0 Å². The van der Waals surface area contributed by atoms with E-state index in [1.807, 2.05) is 18.2 Å². The van der Waals surface area contributed by atoms with Crippen molar-refractivity contribution in [3.8, 4) is 17.2 Å². The highest BCUT2D eigenvalue weighted by atomic mass is 16.5. The molecule has 0 saturated carbocycles. The molecule has 1 aromatic carbocycles. The molecule has 1 heterocycles. The van der Waals surface area contributed by atoms with Crippen LogP contribution in [0.2, 0.25) is 0 Å². The molecule has 0 amide bonds. The van der Waals surface area contributed by atoms with Gasteiger partial charge in [-0.25, -0.2) is 0 Å². The zero-order valence-electron chi connectivity index (χ0n) is 15.0. The first-order chi connectivity index (χ1) is 11.1. The smallest absolute Gasteiger partial charge is 0.203 e. The van der Waals surface area contributed by atoms with Gasteiger partial charge in [-0.2, -0.15) is 0 Å². The molecular weight excluding hydrogens is 290 g/mol. The van der Waals surface area contributed by atoms with Gasteiger partial charge in [0.1, 0.15) is 0 Å². The standard InChI is InChI=1S/C19H31NO3/c1-15-12-16(2)14-20(13-15)10-5-6-11-23-19-17(21-3)8-7-9-18(19)22-4/h7-9,15-16H,5-6,10-14H2,1-4H3. The van der Waals surface area contributed by atoms with Crippen molar-refractivity contribution < 1.29 is 14.2 Å². The summed E-state index contributed by atoms with van der Waals surface area (Å²) in [5.41, 5.74) is 0. The molecule has 1 aromatic rings. The van der Waals surface area contributed by atoms with Gasteiger partial charge in [-0.1, -0.05) is 19.9 Å². The Labute approximate surface area is 140 Å². The quantitative estimate of drug-likeness (QED) is 0.681. The summed E-state index contributed by atoms with van der Waals surface area (Å²) < 4.78 is 16.6. The highest BCUT2D eigenvalue weighted by molar-refractivity contribution is 5.51. The Hall–Kier alpha value is -1.42. The molecule has 4 nitrogen and oxygen atoms in total. The summed E-state index contributed by atoms with van der Waals surface area (Å²) in [5, 5.41) is 0. The predicted molar refractivity (Wildman–Crippen MR) is 93.7 cm³/mol. The molecule has 2 unspecified atom stereocenters. The van der Waals surface area contributed by atoms with E-state index in [0.717, 1.165) is 36.2 Å². The highest BCUT2D eigenvalue weighted by Crippen LogP contribution is 2.36. The Kier molecular flexibility index (Phi) is 7.03. The van der Waals surface area contributed by atoms with Crippen LogP contribution in [0, 0.1) is 11.8 Å². The second-order valence-electron chi connectivity index (χ2n) is 6.75. The van der Waals surface area contributed by atoms with Gasteiger partial charge in [0, 0.05) is 13.1 Å². The topological polar surface area (TPSA) is 30.9 Å². The number of ether oxygens (including phenoxy) is 3. The molecule has 0 bridgehead atoms. The number of rotatable bonds is 8. The normalized spacial score (nSPS) is 21.9. The second kappa shape index (κ2) is 9.02. The summed E-state index contributed by atoms with van der Waals surface area (Å²) in [6.07, 6.45) is 3.57. The molecule has 0 radical (unpaired) electrons. The lowest BCUT2D eigenvalue weighted by Crippen LogP contribution is -2.39. The van der Waals surface area contributed by atoms with Gasteiger partial charge in [0.15, 0.2) is 11.5 Å². The first-order valence-corrected chi connectivity index (χ1v) is 8.70.